The number of hydrogen-bond donors (Lipinski definition) is 1. The lowest BCUT2D eigenvalue weighted by Crippen LogP contribution is -2.30. The van der Waals surface area contributed by atoms with Crippen LogP contribution < -0.4 is 15.0 Å². The van der Waals surface area contributed by atoms with E-state index in [-0.39, 0.29) is 0 Å². The number of nitrogens with one attached hydrogen (secondary N) is 1. The fraction of sp³-hybridized carbons (Fsp3) is 0.333. The Hall–Kier alpha value is -1.79. The number of thioether (sulfide) groups is 1. The number of para-hydroxylation sites is 2. The lowest BCUT2D eigenvalue weighted by Gasteiger charge is -2.31. The molecule has 6 heteroatoms. The quantitative estimate of drug-likeness (QED) is 0.678. The van der Waals surface area contributed by atoms with Crippen LogP contribution in [0.1, 0.15) is 11.3 Å². The van der Waals surface area contributed by atoms with E-state index in [1.807, 2.05) is 24.5 Å². The van der Waals surface area contributed by atoms with Crippen molar-refractivity contribution < 1.29 is 4.74 Å². The number of aromatic nitrogens is 2. The first-order valence-electron chi connectivity index (χ1n) is 7.00. The maximum Gasteiger partial charge on any atom is 0.189 e. The summed E-state index contributed by atoms with van der Waals surface area (Å²) in [4.78, 5) is 11.6. The molecule has 0 unspecified atom stereocenters. The van der Waals surface area contributed by atoms with Gasteiger partial charge in [0.25, 0.3) is 0 Å². The monoisotopic (exact) mass is 300 g/mol. The van der Waals surface area contributed by atoms with Gasteiger partial charge >= 0.3 is 0 Å². The van der Waals surface area contributed by atoms with Crippen LogP contribution in [0.2, 0.25) is 0 Å². The summed E-state index contributed by atoms with van der Waals surface area (Å²) >= 11 is 1.59. The first-order valence-corrected chi connectivity index (χ1v) is 8.23. The number of rotatable bonds is 2. The van der Waals surface area contributed by atoms with Crippen molar-refractivity contribution in [1.82, 2.24) is 15.3 Å². The molecule has 0 saturated heterocycles. The predicted molar refractivity (Wildman–Crippen MR) is 83.3 cm³/mol. The highest BCUT2D eigenvalue weighted by atomic mass is 32.2. The van der Waals surface area contributed by atoms with Crippen molar-refractivity contribution in [3.8, 4) is 5.75 Å². The predicted octanol–water partition coefficient (Wildman–Crippen LogP) is 2.33. The molecule has 0 amide bonds. The molecule has 1 N–H and O–H groups in total. The molecule has 0 radical (unpaired) electrons. The molecular weight excluding hydrogens is 284 g/mol. The van der Waals surface area contributed by atoms with Crippen LogP contribution in [-0.4, -0.2) is 29.4 Å². The summed E-state index contributed by atoms with van der Waals surface area (Å²) in [5.41, 5.74) is 3.42. The lowest BCUT2D eigenvalue weighted by atomic mass is 10.2. The molecule has 4 rings (SSSR count). The minimum absolute atomic E-state index is 0.678. The zero-order chi connectivity index (χ0) is 14.2. The first-order chi connectivity index (χ1) is 10.4. The molecule has 0 spiro atoms. The molecule has 0 fully saturated rings. The Kier molecular flexibility index (Phi) is 3.20. The molecule has 0 atom stereocenters. The third kappa shape index (κ3) is 2.15. The largest absolute Gasteiger partial charge is 0.490 e. The average Bonchev–Trinajstić information content (AvgIpc) is 3.02. The van der Waals surface area contributed by atoms with Crippen LogP contribution in [0.25, 0.3) is 0 Å². The van der Waals surface area contributed by atoms with Gasteiger partial charge in [0.15, 0.2) is 5.16 Å². The maximum atomic E-state index is 5.75. The first kappa shape index (κ1) is 12.9. The molecule has 0 aliphatic carbocycles. The van der Waals surface area contributed by atoms with Crippen LogP contribution in [0, 0.1) is 0 Å². The average molecular weight is 300 g/mol. The molecule has 108 valence electrons. The molecule has 2 aliphatic rings. The Bertz CT molecular complexity index is 691. The highest BCUT2D eigenvalue weighted by Crippen LogP contribution is 2.38. The molecule has 0 saturated carbocycles. The smallest absolute Gasteiger partial charge is 0.189 e. The van der Waals surface area contributed by atoms with Gasteiger partial charge in [-0.2, -0.15) is 0 Å². The topological polar surface area (TPSA) is 50.3 Å². The number of ether oxygens (including phenoxy) is 1. The van der Waals surface area contributed by atoms with Gasteiger partial charge in [-0.05, 0) is 18.4 Å². The van der Waals surface area contributed by atoms with Crippen LogP contribution in [-0.2, 0) is 13.1 Å². The van der Waals surface area contributed by atoms with Crippen LogP contribution in [0.5, 0.6) is 5.75 Å². The standard InChI is InChI=1S/C15H16N4OS/c1-21-15-17-11-9-16-8-10(11)14(18-15)19-6-7-20-13-5-3-2-4-12(13)19/h2-5,16H,6-9H2,1H3. The van der Waals surface area contributed by atoms with Gasteiger partial charge in [-0.15, -0.1) is 0 Å². The van der Waals surface area contributed by atoms with E-state index in [0.717, 1.165) is 47.7 Å². The molecular formula is C15H16N4OS. The minimum atomic E-state index is 0.678. The van der Waals surface area contributed by atoms with Crippen LogP contribution >= 0.6 is 11.8 Å². The molecule has 0 bridgehead atoms. The number of hydrogen-bond acceptors (Lipinski definition) is 6. The van der Waals surface area contributed by atoms with Crippen molar-refractivity contribution in [2.75, 3.05) is 24.3 Å². The van der Waals surface area contributed by atoms with E-state index in [1.165, 1.54) is 5.56 Å². The molecule has 1 aromatic carbocycles. The highest BCUT2D eigenvalue weighted by molar-refractivity contribution is 7.98. The van der Waals surface area contributed by atoms with Crippen molar-refractivity contribution in [3.05, 3.63) is 35.5 Å². The van der Waals surface area contributed by atoms with Gasteiger partial charge < -0.3 is 15.0 Å². The Labute approximate surface area is 127 Å². The van der Waals surface area contributed by atoms with E-state index in [4.69, 9.17) is 9.72 Å². The van der Waals surface area contributed by atoms with Crippen molar-refractivity contribution in [1.29, 1.82) is 0 Å². The van der Waals surface area contributed by atoms with Gasteiger partial charge in [0.2, 0.25) is 0 Å². The number of nitrogens with zero attached hydrogens (tertiary/aromatic N) is 3. The van der Waals surface area contributed by atoms with Gasteiger partial charge in [0.1, 0.15) is 18.2 Å². The second-order valence-electron chi connectivity index (χ2n) is 5.03. The SMILES string of the molecule is CSc1nc2c(c(N3CCOc4ccccc43)n1)CNC2. The van der Waals surface area contributed by atoms with Crippen molar-refractivity contribution in [2.45, 2.75) is 18.2 Å². The second kappa shape index (κ2) is 5.20. The zero-order valence-electron chi connectivity index (χ0n) is 11.8. The third-order valence-electron chi connectivity index (χ3n) is 3.81. The molecule has 21 heavy (non-hydrogen) atoms. The number of anilines is 2. The Balaban J connectivity index is 1.86. The summed E-state index contributed by atoms with van der Waals surface area (Å²) in [7, 11) is 0. The van der Waals surface area contributed by atoms with Gasteiger partial charge in [0.05, 0.1) is 17.9 Å². The minimum Gasteiger partial charge on any atom is -0.490 e. The van der Waals surface area contributed by atoms with E-state index in [0.29, 0.717) is 6.61 Å². The van der Waals surface area contributed by atoms with Gasteiger partial charge in [0, 0.05) is 18.7 Å². The fourth-order valence-electron chi connectivity index (χ4n) is 2.83. The van der Waals surface area contributed by atoms with E-state index in [9.17, 15) is 0 Å². The second-order valence-corrected chi connectivity index (χ2v) is 5.80. The van der Waals surface area contributed by atoms with Crippen molar-refractivity contribution in [2.24, 2.45) is 0 Å². The normalized spacial score (nSPS) is 16.3. The third-order valence-corrected chi connectivity index (χ3v) is 4.36. The number of benzene rings is 1. The summed E-state index contributed by atoms with van der Waals surface area (Å²) in [6.45, 7) is 3.15. The molecule has 1 aromatic heterocycles. The summed E-state index contributed by atoms with van der Waals surface area (Å²) in [5.74, 6) is 1.94. The van der Waals surface area contributed by atoms with Gasteiger partial charge in [-0.1, -0.05) is 23.9 Å². The molecule has 3 heterocycles. The molecule has 2 aromatic rings. The van der Waals surface area contributed by atoms with Gasteiger partial charge in [-0.3, -0.25) is 0 Å². The summed E-state index contributed by atoms with van der Waals surface area (Å²) in [6.07, 6.45) is 2.02. The molecule has 2 aliphatic heterocycles. The zero-order valence-corrected chi connectivity index (χ0v) is 12.6. The Morgan fingerprint density at radius 3 is 3.05 bits per heavy atom. The summed E-state index contributed by atoms with van der Waals surface area (Å²) in [5, 5.41) is 4.20. The lowest BCUT2D eigenvalue weighted by molar-refractivity contribution is 0.313. The van der Waals surface area contributed by atoms with Crippen LogP contribution in [0.15, 0.2) is 29.4 Å². The van der Waals surface area contributed by atoms with Crippen molar-refractivity contribution in [3.63, 3.8) is 0 Å². The van der Waals surface area contributed by atoms with E-state index >= 15 is 0 Å². The Morgan fingerprint density at radius 2 is 2.14 bits per heavy atom. The van der Waals surface area contributed by atoms with E-state index < -0.39 is 0 Å². The maximum absolute atomic E-state index is 5.75. The van der Waals surface area contributed by atoms with E-state index in [1.54, 1.807) is 11.8 Å². The van der Waals surface area contributed by atoms with Crippen molar-refractivity contribution >= 4 is 23.3 Å². The Morgan fingerprint density at radius 1 is 1.24 bits per heavy atom. The summed E-state index contributed by atoms with van der Waals surface area (Å²) in [6, 6.07) is 8.14. The number of fused-ring (bicyclic) bond motifs is 2. The summed E-state index contributed by atoms with van der Waals surface area (Å²) < 4.78 is 5.75. The van der Waals surface area contributed by atoms with E-state index in [2.05, 4.69) is 21.3 Å². The van der Waals surface area contributed by atoms with Gasteiger partial charge in [-0.25, -0.2) is 9.97 Å². The van der Waals surface area contributed by atoms with Crippen LogP contribution in [0.3, 0.4) is 0 Å². The fourth-order valence-corrected chi connectivity index (χ4v) is 3.21. The highest BCUT2D eigenvalue weighted by Gasteiger charge is 2.27. The van der Waals surface area contributed by atoms with Crippen LogP contribution in [0.4, 0.5) is 11.5 Å². The molecule has 5 nitrogen and oxygen atoms in total.